The second-order valence-corrected chi connectivity index (χ2v) is 41.8. The fourth-order valence-corrected chi connectivity index (χ4v) is 22.7. The maximum atomic E-state index is 6.28. The molecule has 27 heteroatoms. The van der Waals surface area contributed by atoms with Crippen LogP contribution >= 0.6 is 0 Å². The zero-order chi connectivity index (χ0) is 102. The van der Waals surface area contributed by atoms with Crippen molar-refractivity contribution in [2.45, 2.75) is 169 Å². The van der Waals surface area contributed by atoms with Gasteiger partial charge in [-0.2, -0.15) is 0 Å². The van der Waals surface area contributed by atoms with Gasteiger partial charge in [0.15, 0.2) is 63.3 Å². The van der Waals surface area contributed by atoms with Gasteiger partial charge in [0.05, 0.1) is 105 Å². The van der Waals surface area contributed by atoms with E-state index in [0.717, 1.165) is 318 Å². The maximum Gasteiger partial charge on any atom is 0.163 e. The van der Waals surface area contributed by atoms with Crippen LogP contribution in [0.4, 0.5) is 0 Å². The van der Waals surface area contributed by atoms with Crippen molar-refractivity contribution < 1.29 is 55.6 Å². The number of nitrogens with zero attached hydrogens (tertiary/aromatic N) is 14. The van der Waals surface area contributed by atoms with E-state index in [0.29, 0.717) is 61.4 Å². The number of aromatic nitrogens is 8. The fourth-order valence-electron chi connectivity index (χ4n) is 22.7. The second-order valence-electron chi connectivity index (χ2n) is 41.8. The number of furan rings is 4. The number of likely N-dealkylation sites (tertiary alicyclic amines) is 6. The number of hydrogen-bond donors (Lipinski definition) is 1. The average molecular weight is 2000 g/mol. The Bertz CT molecular complexity index is 7230. The Morgan fingerprint density at radius 3 is 0.926 bits per heavy atom. The minimum atomic E-state index is 0.647. The second kappa shape index (κ2) is 48.4. The number of piperidine rings is 3. The lowest BCUT2D eigenvalue weighted by Gasteiger charge is -2.28. The van der Waals surface area contributed by atoms with Crippen molar-refractivity contribution in [3.63, 3.8) is 0 Å². The topological polar surface area (TPSA) is 261 Å². The van der Waals surface area contributed by atoms with Gasteiger partial charge in [-0.1, -0.05) is 0 Å². The van der Waals surface area contributed by atoms with Crippen molar-refractivity contribution in [1.29, 1.82) is 0 Å². The quantitative estimate of drug-likeness (QED) is 0.0290. The van der Waals surface area contributed by atoms with E-state index < -0.39 is 0 Å². The molecule has 7 saturated heterocycles. The number of hydrogen-bond acceptors (Lipinski definition) is 27. The molecule has 0 atom stereocenters. The molecule has 7 aliphatic rings. The Hall–Kier alpha value is -12.6. The lowest BCUT2D eigenvalue weighted by atomic mass is 9.92. The number of pyridine rings is 8. The molecule has 778 valence electrons. The molecule has 7 fully saturated rings. The third kappa shape index (κ3) is 24.6. The van der Waals surface area contributed by atoms with Gasteiger partial charge in [0.25, 0.3) is 0 Å². The van der Waals surface area contributed by atoms with Crippen molar-refractivity contribution in [3.8, 4) is 91.6 Å². The van der Waals surface area contributed by atoms with Gasteiger partial charge in [-0.25, -0.2) is 19.9 Å². The molecule has 7 aliphatic heterocycles. The van der Waals surface area contributed by atoms with Gasteiger partial charge in [-0.3, -0.25) is 19.9 Å². The predicted molar refractivity (Wildman–Crippen MR) is 589 cm³/mol. The molecule has 16 aromatic rings. The third-order valence-electron chi connectivity index (χ3n) is 30.9. The summed E-state index contributed by atoms with van der Waals surface area (Å²) in [5.74, 6) is 14.3. The zero-order valence-corrected chi connectivity index (χ0v) is 88.7. The highest BCUT2D eigenvalue weighted by atomic mass is 16.5. The highest BCUT2D eigenvalue weighted by Gasteiger charge is 2.29. The molecule has 148 heavy (non-hydrogen) atoms. The number of rotatable bonds is 34. The van der Waals surface area contributed by atoms with Crippen LogP contribution in [-0.2, 0) is 19.3 Å². The SMILES string of the molecule is COc1cc2c(cc1OCCCN1CCCC1)nc(-c1cc(C)oc1C)c1ccc(CC3CCN(C)CC3)nc12.COc1cc2c(cc1OCCCN1CCCC1)nc(-c1ccc(C)o1)c1ccc(CC3CCN(C)CC3)nc12.COc1cc2c(cc1OCCCN1CCCC1)nc(-c1ccc(C)o1)c1ccc(CC3CCNCC3)nc12.COc1cc2c(cc1OCCCN1CCCC1)nc(-c1ccc(C)o1)c1cccnc12. The number of nitrogens with one attached hydrogen (secondary N) is 1. The van der Waals surface area contributed by atoms with Gasteiger partial charge in [0, 0.05) is 122 Å². The molecule has 0 unspecified atom stereocenters. The minimum absolute atomic E-state index is 0.647. The summed E-state index contributed by atoms with van der Waals surface area (Å²) < 4.78 is 71.8. The first-order valence-corrected chi connectivity index (χ1v) is 54.4. The molecule has 4 aromatic carbocycles. The monoisotopic (exact) mass is 2000 g/mol. The van der Waals surface area contributed by atoms with Crippen LogP contribution in [0.5, 0.6) is 46.0 Å². The summed E-state index contributed by atoms with van der Waals surface area (Å²) in [5, 5.41) is 11.3. The molecule has 0 bridgehead atoms. The molecule has 19 heterocycles. The first kappa shape index (κ1) is 103. The van der Waals surface area contributed by atoms with Gasteiger partial charge >= 0.3 is 0 Å². The van der Waals surface area contributed by atoms with E-state index in [2.05, 4.69) is 102 Å². The summed E-state index contributed by atoms with van der Waals surface area (Å²) in [7, 11) is 11.2. The van der Waals surface area contributed by atoms with Crippen LogP contribution < -0.4 is 43.2 Å². The van der Waals surface area contributed by atoms with E-state index in [9.17, 15) is 0 Å². The molecule has 0 amide bonds. The van der Waals surface area contributed by atoms with Gasteiger partial charge in [-0.15, -0.1) is 0 Å². The third-order valence-corrected chi connectivity index (χ3v) is 30.9. The first-order chi connectivity index (χ1) is 72.4. The molecule has 1 N–H and O–H groups in total. The molecule has 27 nitrogen and oxygen atoms in total. The van der Waals surface area contributed by atoms with Crippen molar-refractivity contribution >= 4 is 87.2 Å². The summed E-state index contributed by atoms with van der Waals surface area (Å²) in [5.41, 5.74) is 14.8. The fraction of sp³-hybridized carbons (Fsp3) is 0.471. The normalized spacial score (nSPS) is 16.7. The molecule has 0 radical (unpaired) electrons. The predicted octanol–water partition coefficient (Wildman–Crippen LogP) is 23.5. The number of ether oxygens (including phenoxy) is 8. The van der Waals surface area contributed by atoms with Crippen molar-refractivity contribution in [3.05, 3.63) is 192 Å². The Morgan fingerprint density at radius 2 is 0.615 bits per heavy atom. The molecule has 23 rings (SSSR count). The van der Waals surface area contributed by atoms with E-state index in [1.165, 1.54) is 142 Å². The van der Waals surface area contributed by atoms with Gasteiger partial charge in [0.2, 0.25) is 0 Å². The summed E-state index contributed by atoms with van der Waals surface area (Å²) >= 11 is 0. The van der Waals surface area contributed by atoms with Crippen LogP contribution in [-0.4, -0.2) is 256 Å². The standard InChI is InChI=1S/C33H42N4O3.C32H40N4O3.C31H38N4O3.C25H27N3O3/c1-22-18-27(23(2)40-22)32-26-9-8-25(19-24-10-15-36(3)16-11-24)34-33(26)28-20-30(38-4)31(21-29(28)35-32)39-17-7-14-37-12-5-6-13-37;1-22-7-10-28(39-22)32-25-9-8-24(19-23-11-16-35(2)17-12-23)33-31(25)26-20-29(37-3)30(21-27(26)34-32)38-18-6-15-36-13-4-5-14-36;1-21-6-9-27(38-21)31-24-8-7-23(18-22-10-12-32-13-11-22)33-30(24)25-19-28(36-2)29(20-26(25)34-31)37-17-5-16-35-14-3-4-15-35;1-17-8-9-21(31-17)25-18-7-5-10-26-24(18)19-15-22(29-2)23(16-20(19)27-25)30-14-6-13-28-11-3-4-12-28/h8-9,18,20-21,24H,5-7,10-17,19H2,1-4H3;7-10,20-21,23H,4-6,11-19H2,1-3H3;6-9,19-20,22,32H,3-5,10-18H2,1-2H3;5,7-10,15-16H,3-4,6,11-14H2,1-2H3. The minimum Gasteiger partial charge on any atom is -0.493 e. The molecular weight excluding hydrogens is 1860 g/mol. The zero-order valence-electron chi connectivity index (χ0n) is 88.7. The maximum absolute atomic E-state index is 6.28. The van der Waals surface area contributed by atoms with Gasteiger partial charge < -0.3 is 90.3 Å². The Labute approximate surface area is 869 Å². The van der Waals surface area contributed by atoms with E-state index in [1.807, 2.05) is 126 Å². The molecule has 0 saturated carbocycles. The lowest BCUT2D eigenvalue weighted by molar-refractivity contribution is 0.218. The van der Waals surface area contributed by atoms with Crippen LogP contribution in [0.2, 0.25) is 0 Å². The van der Waals surface area contributed by atoms with Gasteiger partial charge in [-0.05, 0) is 408 Å². The summed E-state index contributed by atoms with van der Waals surface area (Å²) in [6, 6.07) is 47.0. The molecular formula is C121H147N15O12. The Balaban J connectivity index is 0.000000120. The Kier molecular flexibility index (Phi) is 33.5. The van der Waals surface area contributed by atoms with Crippen molar-refractivity contribution in [2.24, 2.45) is 17.8 Å². The molecule has 0 aliphatic carbocycles. The molecule has 12 aromatic heterocycles. The lowest BCUT2D eigenvalue weighted by Crippen LogP contribution is -2.31. The van der Waals surface area contributed by atoms with Crippen molar-refractivity contribution in [2.75, 3.05) is 187 Å². The number of aryl methyl sites for hydroxylation is 5. The number of benzene rings is 4. The largest absolute Gasteiger partial charge is 0.493 e. The summed E-state index contributed by atoms with van der Waals surface area (Å²) in [6.45, 7) is 33.2. The van der Waals surface area contributed by atoms with Crippen LogP contribution in [0, 0.1) is 52.4 Å². The van der Waals surface area contributed by atoms with Gasteiger partial charge in [0.1, 0.15) is 45.9 Å². The van der Waals surface area contributed by atoms with E-state index in [4.69, 9.17) is 90.5 Å². The highest BCUT2D eigenvalue weighted by molar-refractivity contribution is 6.13. The summed E-state index contributed by atoms with van der Waals surface area (Å²) in [6.07, 6.45) is 26.5. The number of fused-ring (bicyclic) bond motifs is 12. The van der Waals surface area contributed by atoms with Crippen LogP contribution in [0.15, 0.2) is 163 Å². The summed E-state index contributed by atoms with van der Waals surface area (Å²) in [4.78, 5) is 55.5. The first-order valence-electron chi connectivity index (χ1n) is 54.4. The van der Waals surface area contributed by atoms with Crippen molar-refractivity contribution in [1.82, 2.24) is 74.6 Å². The van der Waals surface area contributed by atoms with E-state index in [-0.39, 0.29) is 0 Å². The average Bonchev–Trinajstić information content (AvgIpc) is 1.50. The van der Waals surface area contributed by atoms with Crippen LogP contribution in [0.25, 0.3) is 133 Å². The smallest absolute Gasteiger partial charge is 0.163 e. The van der Waals surface area contributed by atoms with E-state index in [1.54, 1.807) is 34.6 Å². The highest BCUT2D eigenvalue weighted by Crippen LogP contribution is 2.46. The molecule has 0 spiro atoms. The van der Waals surface area contributed by atoms with E-state index >= 15 is 0 Å². The van der Waals surface area contributed by atoms with Crippen LogP contribution in [0.3, 0.4) is 0 Å². The van der Waals surface area contributed by atoms with Crippen LogP contribution in [0.1, 0.15) is 161 Å². The Morgan fingerprint density at radius 1 is 0.304 bits per heavy atom. The number of methoxy groups -OCH3 is 4.